The third kappa shape index (κ3) is 4.16. The van der Waals surface area contributed by atoms with Crippen LogP contribution in [0.2, 0.25) is 0 Å². The lowest BCUT2D eigenvalue weighted by molar-refractivity contribution is 0.151. The van der Waals surface area contributed by atoms with Crippen LogP contribution in [-0.4, -0.2) is 36.2 Å². The Bertz CT molecular complexity index is 1290. The van der Waals surface area contributed by atoms with Gasteiger partial charge >= 0.3 is 0 Å². The molecule has 0 unspecified atom stereocenters. The molecule has 8 nitrogen and oxygen atoms in total. The maximum absolute atomic E-state index is 12.9. The van der Waals surface area contributed by atoms with Crippen molar-refractivity contribution < 1.29 is 8.78 Å². The first kappa shape index (κ1) is 20.1. The minimum atomic E-state index is -2.54. The second kappa shape index (κ2) is 8.37. The van der Waals surface area contributed by atoms with Crippen molar-refractivity contribution in [1.82, 2.24) is 24.1 Å². The van der Waals surface area contributed by atoms with Gasteiger partial charge in [-0.15, -0.1) is 5.10 Å². The number of pyridine rings is 3. The average molecular weight is 437 g/mol. The van der Waals surface area contributed by atoms with Crippen LogP contribution in [-0.2, 0) is 0 Å². The van der Waals surface area contributed by atoms with Crippen LogP contribution in [0.25, 0.3) is 11.3 Å². The monoisotopic (exact) mass is 437 g/mol. The number of rotatable bonds is 6. The highest BCUT2D eigenvalue weighted by Crippen LogP contribution is 2.25. The molecule has 0 radical (unpaired) electrons. The fraction of sp³-hybridized carbons (Fsp3) is 0.273. The minimum absolute atomic E-state index is 0.0720. The number of fused-ring (bicyclic) bond motifs is 1. The van der Waals surface area contributed by atoms with Crippen molar-refractivity contribution >= 4 is 17.4 Å². The lowest BCUT2D eigenvalue weighted by atomic mass is 10.2. The first-order chi connectivity index (χ1) is 15.5. The Labute approximate surface area is 181 Å². The molecule has 0 bridgehead atoms. The third-order valence-electron chi connectivity index (χ3n) is 5.58. The van der Waals surface area contributed by atoms with Crippen LogP contribution < -0.4 is 16.2 Å². The molecule has 10 heteroatoms. The van der Waals surface area contributed by atoms with Crippen LogP contribution in [0.15, 0.2) is 65.8 Å². The number of alkyl halides is 2. The van der Waals surface area contributed by atoms with Crippen molar-refractivity contribution in [2.24, 2.45) is 0 Å². The number of halogens is 2. The van der Waals surface area contributed by atoms with Crippen LogP contribution in [0.3, 0.4) is 0 Å². The molecule has 2 atom stereocenters. The SMILES string of the molecule is O=c1ccccn1-c1ccc(N[C@H]2CC[C@H](Nc3nc4cc(C(F)F)ccn4n3)C2)nc1. The second-order valence-corrected chi connectivity index (χ2v) is 7.81. The van der Waals surface area contributed by atoms with Crippen LogP contribution in [0.5, 0.6) is 0 Å². The van der Waals surface area contributed by atoms with Gasteiger partial charge < -0.3 is 10.6 Å². The zero-order valence-corrected chi connectivity index (χ0v) is 17.0. The quantitative estimate of drug-likeness (QED) is 0.479. The normalized spacial score (nSPS) is 18.3. The highest BCUT2D eigenvalue weighted by molar-refractivity contribution is 5.46. The maximum Gasteiger partial charge on any atom is 0.264 e. The van der Waals surface area contributed by atoms with Gasteiger partial charge in [-0.2, -0.15) is 4.98 Å². The number of anilines is 2. The van der Waals surface area contributed by atoms with Crippen LogP contribution in [0.4, 0.5) is 20.5 Å². The maximum atomic E-state index is 12.9. The fourth-order valence-corrected chi connectivity index (χ4v) is 3.98. The van der Waals surface area contributed by atoms with E-state index in [1.807, 2.05) is 12.1 Å². The van der Waals surface area contributed by atoms with E-state index in [0.717, 1.165) is 25.1 Å². The van der Waals surface area contributed by atoms with Crippen molar-refractivity contribution in [3.63, 3.8) is 0 Å². The molecular formula is C22H21F2N7O. The summed E-state index contributed by atoms with van der Waals surface area (Å²) in [5.41, 5.74) is 0.919. The Hall–Kier alpha value is -3.82. The molecule has 4 aromatic rings. The minimum Gasteiger partial charge on any atom is -0.367 e. The molecule has 1 fully saturated rings. The number of nitrogens with zero attached hydrogens (tertiary/aromatic N) is 5. The van der Waals surface area contributed by atoms with E-state index in [2.05, 4.69) is 25.7 Å². The highest BCUT2D eigenvalue weighted by Gasteiger charge is 2.26. The molecule has 0 aliphatic heterocycles. The van der Waals surface area contributed by atoms with E-state index in [4.69, 9.17) is 0 Å². The summed E-state index contributed by atoms with van der Waals surface area (Å²) < 4.78 is 28.8. The van der Waals surface area contributed by atoms with Crippen LogP contribution in [0.1, 0.15) is 31.3 Å². The summed E-state index contributed by atoms with van der Waals surface area (Å²) in [6, 6.07) is 11.8. The Morgan fingerprint density at radius 1 is 1.03 bits per heavy atom. The van der Waals surface area contributed by atoms with Gasteiger partial charge in [0.05, 0.1) is 11.9 Å². The van der Waals surface area contributed by atoms with Gasteiger partial charge in [0.15, 0.2) is 5.65 Å². The summed E-state index contributed by atoms with van der Waals surface area (Å²) in [7, 11) is 0. The van der Waals surface area contributed by atoms with Crippen molar-refractivity contribution in [2.45, 2.75) is 37.8 Å². The summed E-state index contributed by atoms with van der Waals surface area (Å²) in [5, 5.41) is 11.1. The third-order valence-corrected chi connectivity index (χ3v) is 5.58. The molecular weight excluding hydrogens is 416 g/mol. The van der Waals surface area contributed by atoms with E-state index in [-0.39, 0.29) is 23.2 Å². The van der Waals surface area contributed by atoms with Gasteiger partial charge in [0.2, 0.25) is 5.95 Å². The van der Waals surface area contributed by atoms with E-state index in [1.54, 1.807) is 29.1 Å². The molecule has 4 heterocycles. The highest BCUT2D eigenvalue weighted by atomic mass is 19.3. The molecule has 164 valence electrons. The molecule has 1 saturated carbocycles. The smallest absolute Gasteiger partial charge is 0.264 e. The van der Waals surface area contributed by atoms with Gasteiger partial charge in [0.25, 0.3) is 12.0 Å². The summed E-state index contributed by atoms with van der Waals surface area (Å²) in [5.74, 6) is 1.17. The number of aromatic nitrogens is 5. The molecule has 1 aliphatic rings. The van der Waals surface area contributed by atoms with Crippen LogP contribution >= 0.6 is 0 Å². The van der Waals surface area contributed by atoms with Gasteiger partial charge in [-0.3, -0.25) is 9.36 Å². The Kier molecular flexibility index (Phi) is 5.26. The summed E-state index contributed by atoms with van der Waals surface area (Å²) in [4.78, 5) is 20.7. The lowest BCUT2D eigenvalue weighted by Gasteiger charge is -2.15. The lowest BCUT2D eigenvalue weighted by Crippen LogP contribution is -2.21. The first-order valence-electron chi connectivity index (χ1n) is 10.4. The summed E-state index contributed by atoms with van der Waals surface area (Å²) in [6.07, 6.45) is 5.05. The Morgan fingerprint density at radius 2 is 1.88 bits per heavy atom. The summed E-state index contributed by atoms with van der Waals surface area (Å²) in [6.45, 7) is 0. The number of nitrogens with one attached hydrogen (secondary N) is 2. The molecule has 2 N–H and O–H groups in total. The summed E-state index contributed by atoms with van der Waals surface area (Å²) >= 11 is 0. The standard InChI is InChI=1S/C22H21F2N7O/c23-21(24)14-8-10-31-19(11-14)28-22(29-31)27-16-5-4-15(12-16)26-18-7-6-17(13-25-18)30-9-2-1-3-20(30)32/h1-3,6-11,13,15-16,21H,4-5,12H2,(H,25,26)(H,27,29)/t15-,16-/m0/s1. The average Bonchev–Trinajstić information content (AvgIpc) is 3.40. The fourth-order valence-electron chi connectivity index (χ4n) is 3.98. The van der Waals surface area contributed by atoms with Gasteiger partial charge in [-0.1, -0.05) is 6.07 Å². The van der Waals surface area contributed by atoms with Crippen molar-refractivity contribution in [2.75, 3.05) is 10.6 Å². The number of hydrogen-bond acceptors (Lipinski definition) is 6. The Balaban J connectivity index is 1.20. The molecule has 4 aromatic heterocycles. The van der Waals surface area contributed by atoms with Crippen molar-refractivity contribution in [3.8, 4) is 5.69 Å². The van der Waals surface area contributed by atoms with Crippen molar-refractivity contribution in [1.29, 1.82) is 0 Å². The van der Waals surface area contributed by atoms with Gasteiger partial charge in [-0.25, -0.2) is 18.3 Å². The van der Waals surface area contributed by atoms with Crippen molar-refractivity contribution in [3.05, 3.63) is 77.0 Å². The van der Waals surface area contributed by atoms with E-state index < -0.39 is 6.43 Å². The first-order valence-corrected chi connectivity index (χ1v) is 10.4. The van der Waals surface area contributed by atoms with E-state index in [0.29, 0.717) is 17.3 Å². The molecule has 5 rings (SSSR count). The van der Waals surface area contributed by atoms with Gasteiger partial charge in [0, 0.05) is 36.1 Å². The van der Waals surface area contributed by atoms with Crippen LogP contribution in [0, 0.1) is 0 Å². The second-order valence-electron chi connectivity index (χ2n) is 7.81. The molecule has 32 heavy (non-hydrogen) atoms. The Morgan fingerprint density at radius 3 is 2.62 bits per heavy atom. The number of hydrogen-bond donors (Lipinski definition) is 2. The van der Waals surface area contributed by atoms with Gasteiger partial charge in [0.1, 0.15) is 5.82 Å². The predicted molar refractivity (Wildman–Crippen MR) is 116 cm³/mol. The van der Waals surface area contributed by atoms with E-state index in [1.165, 1.54) is 28.9 Å². The largest absolute Gasteiger partial charge is 0.367 e. The molecule has 1 aliphatic carbocycles. The van der Waals surface area contributed by atoms with Gasteiger partial charge in [-0.05, 0) is 49.6 Å². The topological polar surface area (TPSA) is 89.1 Å². The molecule has 0 saturated heterocycles. The van der Waals surface area contributed by atoms with E-state index >= 15 is 0 Å². The zero-order chi connectivity index (χ0) is 22.1. The molecule has 0 aromatic carbocycles. The molecule has 0 spiro atoms. The predicted octanol–water partition coefficient (Wildman–Crippen LogP) is 3.66. The van der Waals surface area contributed by atoms with E-state index in [9.17, 15) is 13.6 Å². The molecule has 0 amide bonds. The zero-order valence-electron chi connectivity index (χ0n) is 17.0.